The molecule has 18 heavy (non-hydrogen) atoms. The second-order valence-corrected chi connectivity index (χ2v) is 4.55. The minimum atomic E-state index is 0.243. The van der Waals surface area contributed by atoms with Crippen LogP contribution in [0.5, 0.6) is 5.75 Å². The van der Waals surface area contributed by atoms with Crippen molar-refractivity contribution in [2.24, 2.45) is 7.05 Å². The van der Waals surface area contributed by atoms with Crippen LogP contribution in [0.15, 0.2) is 24.5 Å². The lowest BCUT2D eigenvalue weighted by Gasteiger charge is -2.16. The predicted octanol–water partition coefficient (Wildman–Crippen LogP) is 1.46. The number of nitrogens with zero attached hydrogens (tertiary/aromatic N) is 4. The molecule has 0 spiro atoms. The van der Waals surface area contributed by atoms with E-state index in [1.165, 1.54) is 0 Å². The fourth-order valence-electron chi connectivity index (χ4n) is 1.82. The molecule has 2 rings (SSSR count). The minimum absolute atomic E-state index is 0.243. The molecule has 0 aliphatic carbocycles. The van der Waals surface area contributed by atoms with Gasteiger partial charge in [-0.2, -0.15) is 0 Å². The third-order valence-electron chi connectivity index (χ3n) is 2.84. The molecule has 0 aliphatic heterocycles. The zero-order chi connectivity index (χ0) is 13.1. The van der Waals surface area contributed by atoms with Crippen LogP contribution in [-0.2, 0) is 20.1 Å². The van der Waals surface area contributed by atoms with Gasteiger partial charge in [0.05, 0.1) is 12.2 Å². The minimum Gasteiger partial charge on any atom is -0.506 e. The van der Waals surface area contributed by atoms with E-state index in [1.807, 2.05) is 31.8 Å². The zero-order valence-corrected chi connectivity index (χ0v) is 11.0. The standard InChI is InChI=1S/C13H18N4O/c1-10-4-5-12(18)11(15-10)8-16(2)9-13-14-6-7-17(13)3/h4-7,18H,8-9H2,1-3H3. The Morgan fingerprint density at radius 2 is 2.11 bits per heavy atom. The van der Waals surface area contributed by atoms with Crippen molar-refractivity contribution in [3.63, 3.8) is 0 Å². The molecular weight excluding hydrogens is 228 g/mol. The van der Waals surface area contributed by atoms with Crippen LogP contribution in [-0.4, -0.2) is 31.6 Å². The van der Waals surface area contributed by atoms with E-state index in [-0.39, 0.29) is 5.75 Å². The molecule has 0 saturated carbocycles. The van der Waals surface area contributed by atoms with Gasteiger partial charge in [0.25, 0.3) is 0 Å². The summed E-state index contributed by atoms with van der Waals surface area (Å²) < 4.78 is 1.99. The van der Waals surface area contributed by atoms with Crippen LogP contribution < -0.4 is 0 Å². The quantitative estimate of drug-likeness (QED) is 0.887. The lowest BCUT2D eigenvalue weighted by atomic mass is 10.2. The average molecular weight is 246 g/mol. The summed E-state index contributed by atoms with van der Waals surface area (Å²) >= 11 is 0. The lowest BCUT2D eigenvalue weighted by molar-refractivity contribution is 0.297. The van der Waals surface area contributed by atoms with E-state index in [0.717, 1.165) is 18.1 Å². The molecule has 1 N–H and O–H groups in total. The summed E-state index contributed by atoms with van der Waals surface area (Å²) in [4.78, 5) is 10.7. The molecule has 0 saturated heterocycles. The zero-order valence-electron chi connectivity index (χ0n) is 11.0. The van der Waals surface area contributed by atoms with Crippen molar-refractivity contribution in [1.29, 1.82) is 0 Å². The third-order valence-corrected chi connectivity index (χ3v) is 2.84. The van der Waals surface area contributed by atoms with Gasteiger partial charge in [-0.05, 0) is 26.1 Å². The maximum absolute atomic E-state index is 9.75. The third kappa shape index (κ3) is 2.87. The molecule has 0 aromatic carbocycles. The molecule has 96 valence electrons. The van der Waals surface area contributed by atoms with Crippen LogP contribution >= 0.6 is 0 Å². The average Bonchev–Trinajstić information content (AvgIpc) is 2.70. The van der Waals surface area contributed by atoms with E-state index in [9.17, 15) is 5.11 Å². The first-order chi connectivity index (χ1) is 8.56. The highest BCUT2D eigenvalue weighted by Crippen LogP contribution is 2.16. The number of hydrogen-bond donors (Lipinski definition) is 1. The van der Waals surface area contributed by atoms with Gasteiger partial charge in [0, 0.05) is 31.7 Å². The fourth-order valence-corrected chi connectivity index (χ4v) is 1.82. The van der Waals surface area contributed by atoms with Gasteiger partial charge < -0.3 is 9.67 Å². The summed E-state index contributed by atoms with van der Waals surface area (Å²) in [5, 5.41) is 9.75. The van der Waals surface area contributed by atoms with E-state index in [0.29, 0.717) is 12.2 Å². The molecule has 2 aromatic heterocycles. The molecule has 2 heterocycles. The lowest BCUT2D eigenvalue weighted by Crippen LogP contribution is -2.20. The Balaban J connectivity index is 2.05. The summed E-state index contributed by atoms with van der Waals surface area (Å²) in [5.74, 6) is 1.23. The number of hydrogen-bond acceptors (Lipinski definition) is 4. The number of rotatable bonds is 4. The fraction of sp³-hybridized carbons (Fsp3) is 0.385. The Labute approximate surface area is 107 Å². The van der Waals surface area contributed by atoms with E-state index in [1.54, 1.807) is 18.3 Å². The Morgan fingerprint density at radius 3 is 2.78 bits per heavy atom. The number of imidazole rings is 1. The van der Waals surface area contributed by atoms with Gasteiger partial charge in [0.2, 0.25) is 0 Å². The Kier molecular flexibility index (Phi) is 3.62. The van der Waals surface area contributed by atoms with E-state index in [2.05, 4.69) is 14.9 Å². The number of aromatic nitrogens is 3. The normalized spacial score (nSPS) is 11.1. The summed E-state index contributed by atoms with van der Waals surface area (Å²) in [6.07, 6.45) is 3.71. The van der Waals surface area contributed by atoms with Crippen molar-refractivity contribution in [2.45, 2.75) is 20.0 Å². The maximum atomic E-state index is 9.75. The van der Waals surface area contributed by atoms with Gasteiger partial charge in [-0.3, -0.25) is 9.88 Å². The number of aryl methyl sites for hydroxylation is 2. The van der Waals surface area contributed by atoms with Crippen LogP contribution in [0.4, 0.5) is 0 Å². The Morgan fingerprint density at radius 1 is 1.33 bits per heavy atom. The predicted molar refractivity (Wildman–Crippen MR) is 69.0 cm³/mol. The summed E-state index contributed by atoms with van der Waals surface area (Å²) in [7, 11) is 3.96. The Hall–Kier alpha value is -1.88. The van der Waals surface area contributed by atoms with Crippen LogP contribution in [0.1, 0.15) is 17.2 Å². The van der Waals surface area contributed by atoms with Crippen LogP contribution in [0, 0.1) is 6.92 Å². The largest absolute Gasteiger partial charge is 0.506 e. The van der Waals surface area contributed by atoms with Gasteiger partial charge >= 0.3 is 0 Å². The first-order valence-electron chi connectivity index (χ1n) is 5.86. The molecule has 0 bridgehead atoms. The molecule has 0 aliphatic rings. The molecule has 5 nitrogen and oxygen atoms in total. The summed E-state index contributed by atoms with van der Waals surface area (Å²) in [5.41, 5.74) is 1.61. The highest BCUT2D eigenvalue weighted by Gasteiger charge is 2.09. The second kappa shape index (κ2) is 5.18. The molecule has 0 radical (unpaired) electrons. The van der Waals surface area contributed by atoms with Gasteiger partial charge in [0.15, 0.2) is 0 Å². The highest BCUT2D eigenvalue weighted by molar-refractivity contribution is 5.27. The monoisotopic (exact) mass is 246 g/mol. The van der Waals surface area contributed by atoms with Crippen molar-refractivity contribution in [3.05, 3.63) is 41.7 Å². The van der Waals surface area contributed by atoms with Crippen molar-refractivity contribution in [3.8, 4) is 5.75 Å². The second-order valence-electron chi connectivity index (χ2n) is 4.55. The van der Waals surface area contributed by atoms with E-state index in [4.69, 9.17) is 0 Å². The SMILES string of the molecule is Cc1ccc(O)c(CN(C)Cc2nccn2C)n1. The molecule has 0 atom stereocenters. The van der Waals surface area contributed by atoms with Crippen LogP contribution in [0.2, 0.25) is 0 Å². The van der Waals surface area contributed by atoms with Crippen molar-refractivity contribution < 1.29 is 5.11 Å². The van der Waals surface area contributed by atoms with Crippen LogP contribution in [0.3, 0.4) is 0 Å². The molecule has 0 fully saturated rings. The van der Waals surface area contributed by atoms with E-state index >= 15 is 0 Å². The topological polar surface area (TPSA) is 54.2 Å². The molecule has 0 unspecified atom stereocenters. The molecule has 2 aromatic rings. The van der Waals surface area contributed by atoms with Gasteiger partial charge in [-0.25, -0.2) is 4.98 Å². The smallest absolute Gasteiger partial charge is 0.138 e. The maximum Gasteiger partial charge on any atom is 0.138 e. The molecule has 0 amide bonds. The number of aromatic hydroxyl groups is 1. The Bertz CT molecular complexity index is 536. The highest BCUT2D eigenvalue weighted by atomic mass is 16.3. The molecule has 5 heteroatoms. The van der Waals surface area contributed by atoms with Crippen molar-refractivity contribution in [2.75, 3.05) is 7.05 Å². The number of pyridine rings is 1. The first kappa shape index (κ1) is 12.6. The summed E-state index contributed by atoms with van der Waals surface area (Å²) in [6, 6.07) is 3.49. The first-order valence-corrected chi connectivity index (χ1v) is 5.86. The van der Waals surface area contributed by atoms with Crippen molar-refractivity contribution in [1.82, 2.24) is 19.4 Å². The van der Waals surface area contributed by atoms with Crippen molar-refractivity contribution >= 4 is 0 Å². The van der Waals surface area contributed by atoms with E-state index < -0.39 is 0 Å². The van der Waals surface area contributed by atoms with Gasteiger partial charge in [0.1, 0.15) is 11.6 Å². The van der Waals surface area contributed by atoms with Crippen LogP contribution in [0.25, 0.3) is 0 Å². The van der Waals surface area contributed by atoms with Gasteiger partial charge in [-0.1, -0.05) is 0 Å². The summed E-state index contributed by atoms with van der Waals surface area (Å²) in [6.45, 7) is 3.24. The molecular formula is C13H18N4O. The van der Waals surface area contributed by atoms with Gasteiger partial charge in [-0.15, -0.1) is 0 Å².